The van der Waals surface area contributed by atoms with Crippen LogP contribution in [0.25, 0.3) is 0 Å². The van der Waals surface area contributed by atoms with Gasteiger partial charge in [-0.3, -0.25) is 4.79 Å². The Morgan fingerprint density at radius 2 is 2.06 bits per heavy atom. The number of hydrogen-bond donors (Lipinski definition) is 3. The molecule has 96 valence electrons. The van der Waals surface area contributed by atoms with Crippen molar-refractivity contribution in [2.75, 3.05) is 12.0 Å². The molecule has 1 atom stereocenters. The van der Waals surface area contributed by atoms with Crippen molar-refractivity contribution in [1.82, 2.24) is 0 Å². The van der Waals surface area contributed by atoms with E-state index < -0.39 is 12.0 Å². The van der Waals surface area contributed by atoms with Crippen LogP contribution in [0, 0.1) is 0 Å². The zero-order valence-corrected chi connectivity index (χ0v) is 11.6. The van der Waals surface area contributed by atoms with E-state index in [0.29, 0.717) is 6.42 Å². The molecule has 17 heavy (non-hydrogen) atoms. The van der Waals surface area contributed by atoms with Crippen LogP contribution >= 0.6 is 24.4 Å². The highest BCUT2D eigenvalue weighted by atomic mass is 32.2. The summed E-state index contributed by atoms with van der Waals surface area (Å²) < 4.78 is 0. The molecular formula is C12H19NO2S2. The molecule has 0 aromatic heterocycles. The fourth-order valence-corrected chi connectivity index (χ4v) is 1.65. The molecule has 0 saturated carbocycles. The van der Waals surface area contributed by atoms with Crippen molar-refractivity contribution in [3.05, 3.63) is 35.9 Å². The second kappa shape index (κ2) is 10.5. The molecule has 0 aliphatic carbocycles. The highest BCUT2D eigenvalue weighted by molar-refractivity contribution is 7.98. The third kappa shape index (κ3) is 9.09. The number of thiol groups is 1. The quantitative estimate of drug-likeness (QED) is 0.720. The number of hydrogen-bond acceptors (Lipinski definition) is 4. The maximum atomic E-state index is 10.1. The maximum Gasteiger partial charge on any atom is 0.320 e. The minimum absolute atomic E-state index is 0.552. The first-order valence-electron chi connectivity index (χ1n) is 5.24. The highest BCUT2D eigenvalue weighted by Gasteiger charge is 2.08. The largest absolute Gasteiger partial charge is 0.480 e. The summed E-state index contributed by atoms with van der Waals surface area (Å²) >= 11 is 5.71. The molecule has 1 rings (SSSR count). The van der Waals surface area contributed by atoms with Crippen molar-refractivity contribution >= 4 is 30.4 Å². The minimum atomic E-state index is -0.913. The van der Waals surface area contributed by atoms with E-state index >= 15 is 0 Å². The number of thioether (sulfide) groups is 1. The number of carboxylic acid groups (broad SMARTS) is 1. The van der Waals surface area contributed by atoms with Crippen LogP contribution in [0.5, 0.6) is 0 Å². The Bertz CT molecular complexity index is 307. The third-order valence-electron chi connectivity index (χ3n) is 1.98. The molecular weight excluding hydrogens is 254 g/mol. The zero-order chi connectivity index (χ0) is 13.1. The van der Waals surface area contributed by atoms with Crippen LogP contribution in [0.3, 0.4) is 0 Å². The van der Waals surface area contributed by atoms with Crippen LogP contribution < -0.4 is 5.73 Å². The summed E-state index contributed by atoms with van der Waals surface area (Å²) in [4.78, 5) is 10.1. The predicted molar refractivity (Wildman–Crippen MR) is 77.7 cm³/mol. The Kier molecular flexibility index (Phi) is 10.1. The van der Waals surface area contributed by atoms with Crippen LogP contribution in [0.4, 0.5) is 0 Å². The Hall–Kier alpha value is -0.650. The number of nitrogens with two attached hydrogens (primary N) is 1. The summed E-state index contributed by atoms with van der Waals surface area (Å²) in [6.45, 7) is 0. The van der Waals surface area contributed by atoms with Gasteiger partial charge in [-0.1, -0.05) is 30.3 Å². The fraction of sp³-hybridized carbons (Fsp3) is 0.417. The number of aliphatic carboxylic acids is 1. The summed E-state index contributed by atoms with van der Waals surface area (Å²) in [5, 5.41) is 8.27. The molecule has 0 aliphatic heterocycles. The first kappa shape index (κ1) is 16.4. The van der Waals surface area contributed by atoms with Crippen LogP contribution in [0.15, 0.2) is 30.3 Å². The van der Waals surface area contributed by atoms with E-state index in [0.717, 1.165) is 11.5 Å². The van der Waals surface area contributed by atoms with Crippen LogP contribution in [0.2, 0.25) is 0 Å². The summed E-state index contributed by atoms with van der Waals surface area (Å²) in [6.07, 6.45) is 2.48. The molecule has 0 bridgehead atoms. The van der Waals surface area contributed by atoms with Gasteiger partial charge in [-0.05, 0) is 24.0 Å². The van der Waals surface area contributed by atoms with Crippen molar-refractivity contribution < 1.29 is 9.90 Å². The molecule has 5 heteroatoms. The van der Waals surface area contributed by atoms with Gasteiger partial charge in [-0.15, -0.1) is 0 Å². The molecule has 3 N–H and O–H groups in total. The third-order valence-corrected chi connectivity index (χ3v) is 2.98. The average Bonchev–Trinajstić information content (AvgIpc) is 2.37. The topological polar surface area (TPSA) is 63.3 Å². The van der Waals surface area contributed by atoms with Crippen molar-refractivity contribution in [3.8, 4) is 0 Å². The molecule has 0 fully saturated rings. The Labute approximate surface area is 112 Å². The van der Waals surface area contributed by atoms with E-state index in [4.69, 9.17) is 10.8 Å². The fourth-order valence-electron chi connectivity index (χ4n) is 0.952. The van der Waals surface area contributed by atoms with Crippen molar-refractivity contribution in [2.24, 2.45) is 5.73 Å². The lowest BCUT2D eigenvalue weighted by molar-refractivity contribution is -0.138. The SMILES string of the molecule is CSCC[C@H](N)C(=O)O.SCc1ccccc1. The number of benzene rings is 1. The second-order valence-electron chi connectivity index (χ2n) is 3.37. The minimum Gasteiger partial charge on any atom is -0.480 e. The Balaban J connectivity index is 0.000000302. The van der Waals surface area contributed by atoms with Gasteiger partial charge in [-0.2, -0.15) is 24.4 Å². The highest BCUT2D eigenvalue weighted by Crippen LogP contribution is 2.00. The van der Waals surface area contributed by atoms with Crippen molar-refractivity contribution in [1.29, 1.82) is 0 Å². The summed E-state index contributed by atoms with van der Waals surface area (Å²) in [5.74, 6) is 0.734. The molecule has 0 unspecified atom stereocenters. The molecule has 0 aliphatic rings. The van der Waals surface area contributed by atoms with Gasteiger partial charge >= 0.3 is 5.97 Å². The van der Waals surface area contributed by atoms with Gasteiger partial charge in [0.1, 0.15) is 6.04 Å². The van der Waals surface area contributed by atoms with Gasteiger partial charge in [-0.25, -0.2) is 0 Å². The normalized spacial score (nSPS) is 11.2. The van der Waals surface area contributed by atoms with E-state index in [1.54, 1.807) is 11.8 Å². The van der Waals surface area contributed by atoms with Gasteiger partial charge in [0.15, 0.2) is 0 Å². The number of carbonyl (C=O) groups is 1. The van der Waals surface area contributed by atoms with E-state index in [1.165, 1.54) is 5.56 Å². The molecule has 1 aromatic carbocycles. The second-order valence-corrected chi connectivity index (χ2v) is 4.67. The Morgan fingerprint density at radius 3 is 2.41 bits per heavy atom. The number of rotatable bonds is 5. The standard InChI is InChI=1S/C7H8S.C5H11NO2S/c8-6-7-4-2-1-3-5-7;1-9-3-2-4(6)5(7)8/h1-5,8H,6H2;4H,2-3,6H2,1H3,(H,7,8)/t;4-/m.0/s1. The summed E-state index contributed by atoms with van der Waals surface area (Å²) in [6, 6.07) is 9.49. The smallest absolute Gasteiger partial charge is 0.320 e. The lowest BCUT2D eigenvalue weighted by Gasteiger charge is -2.02. The van der Waals surface area contributed by atoms with Gasteiger partial charge in [0.05, 0.1) is 0 Å². The first-order chi connectivity index (χ1) is 8.11. The van der Waals surface area contributed by atoms with E-state index in [9.17, 15) is 4.79 Å². The van der Waals surface area contributed by atoms with Crippen molar-refractivity contribution in [3.63, 3.8) is 0 Å². The lowest BCUT2D eigenvalue weighted by Crippen LogP contribution is -2.30. The average molecular weight is 273 g/mol. The van der Waals surface area contributed by atoms with Gasteiger partial charge in [0, 0.05) is 5.75 Å². The van der Waals surface area contributed by atoms with Crippen LogP contribution in [-0.2, 0) is 10.5 Å². The maximum absolute atomic E-state index is 10.1. The predicted octanol–water partition coefficient (Wildman–Crippen LogP) is 2.27. The van der Waals surface area contributed by atoms with E-state index in [1.807, 2.05) is 24.5 Å². The van der Waals surface area contributed by atoms with Gasteiger partial charge in [0.2, 0.25) is 0 Å². The molecule has 1 aromatic rings. The number of carboxylic acids is 1. The molecule has 0 saturated heterocycles. The molecule has 0 spiro atoms. The summed E-state index contributed by atoms with van der Waals surface area (Å²) in [5.41, 5.74) is 6.46. The first-order valence-corrected chi connectivity index (χ1v) is 7.26. The van der Waals surface area contributed by atoms with Gasteiger partial charge in [0.25, 0.3) is 0 Å². The van der Waals surface area contributed by atoms with E-state index in [2.05, 4.69) is 24.8 Å². The monoisotopic (exact) mass is 273 g/mol. The Morgan fingerprint density at radius 1 is 1.47 bits per heavy atom. The van der Waals surface area contributed by atoms with Crippen LogP contribution in [0.1, 0.15) is 12.0 Å². The molecule has 3 nitrogen and oxygen atoms in total. The summed E-state index contributed by atoms with van der Waals surface area (Å²) in [7, 11) is 0. The lowest BCUT2D eigenvalue weighted by atomic mass is 10.2. The molecule has 0 heterocycles. The van der Waals surface area contributed by atoms with Gasteiger partial charge < -0.3 is 10.8 Å². The molecule has 0 radical (unpaired) electrons. The zero-order valence-electron chi connectivity index (χ0n) is 9.87. The molecule has 0 amide bonds. The van der Waals surface area contributed by atoms with Crippen LogP contribution in [-0.4, -0.2) is 29.1 Å². The van der Waals surface area contributed by atoms with Crippen molar-refractivity contribution in [2.45, 2.75) is 18.2 Å². The van der Waals surface area contributed by atoms with E-state index in [-0.39, 0.29) is 0 Å².